The summed E-state index contributed by atoms with van der Waals surface area (Å²) in [5.41, 5.74) is 3.14. The zero-order valence-electron chi connectivity index (χ0n) is 13.3. The number of rotatable bonds is 6. The van der Waals surface area contributed by atoms with Gasteiger partial charge in [0.1, 0.15) is 10.8 Å². The minimum Gasteiger partial charge on any atom is -0.492 e. The summed E-state index contributed by atoms with van der Waals surface area (Å²) in [6, 6.07) is 6.36. The van der Waals surface area contributed by atoms with E-state index in [1.165, 1.54) is 22.5 Å². The van der Waals surface area contributed by atoms with Gasteiger partial charge in [0.2, 0.25) is 0 Å². The van der Waals surface area contributed by atoms with E-state index in [0.29, 0.717) is 12.2 Å². The zero-order chi connectivity index (χ0) is 16.4. The Hall–Kier alpha value is -1.92. The van der Waals surface area contributed by atoms with Crippen LogP contribution in [0.2, 0.25) is 0 Å². The van der Waals surface area contributed by atoms with E-state index >= 15 is 0 Å². The van der Waals surface area contributed by atoms with Crippen LogP contribution in [0.15, 0.2) is 23.6 Å². The Kier molecular flexibility index (Phi) is 4.37. The molecule has 6 heteroatoms. The monoisotopic (exact) mass is 332 g/mol. The van der Waals surface area contributed by atoms with E-state index in [9.17, 15) is 4.79 Å². The molecule has 0 aliphatic carbocycles. The standard InChI is InChI=1S/C17H20N2O3S/c1-17(2)10-22-14-5-11(3-4-13(14)17)7-18-8-15-19-12(9-23-15)6-16(20)21/h3-5,9,18H,6-8,10H2,1-2H3,(H,20,21). The second kappa shape index (κ2) is 6.29. The molecule has 23 heavy (non-hydrogen) atoms. The number of hydrogen-bond donors (Lipinski definition) is 2. The number of carbonyl (C=O) groups is 1. The van der Waals surface area contributed by atoms with E-state index in [0.717, 1.165) is 23.9 Å². The first-order valence-corrected chi connectivity index (χ1v) is 8.44. The molecule has 0 unspecified atom stereocenters. The maximum Gasteiger partial charge on any atom is 0.309 e. The maximum absolute atomic E-state index is 10.7. The number of hydrogen-bond acceptors (Lipinski definition) is 5. The van der Waals surface area contributed by atoms with Gasteiger partial charge < -0.3 is 15.2 Å². The Bertz CT molecular complexity index is 724. The molecule has 1 aliphatic rings. The van der Waals surface area contributed by atoms with Crippen LogP contribution in [0.25, 0.3) is 0 Å². The van der Waals surface area contributed by atoms with Gasteiger partial charge in [-0.2, -0.15) is 0 Å². The number of ether oxygens (including phenoxy) is 1. The van der Waals surface area contributed by atoms with Gasteiger partial charge in [0, 0.05) is 29.4 Å². The molecule has 3 rings (SSSR count). The van der Waals surface area contributed by atoms with Crippen molar-refractivity contribution in [1.82, 2.24) is 10.3 Å². The van der Waals surface area contributed by atoms with Crippen LogP contribution < -0.4 is 10.1 Å². The molecule has 1 aromatic heterocycles. The average Bonchev–Trinajstić information content (AvgIpc) is 3.03. The highest BCUT2D eigenvalue weighted by Crippen LogP contribution is 2.38. The van der Waals surface area contributed by atoms with E-state index in [1.54, 1.807) is 5.38 Å². The molecule has 5 nitrogen and oxygen atoms in total. The van der Waals surface area contributed by atoms with Crippen LogP contribution in [0, 0.1) is 0 Å². The topological polar surface area (TPSA) is 71.5 Å². The van der Waals surface area contributed by atoms with Gasteiger partial charge in [0.15, 0.2) is 0 Å². The van der Waals surface area contributed by atoms with E-state index in [2.05, 4.69) is 42.3 Å². The predicted molar refractivity (Wildman–Crippen MR) is 89.0 cm³/mol. The Balaban J connectivity index is 1.55. The van der Waals surface area contributed by atoms with Crippen LogP contribution in [-0.2, 0) is 29.7 Å². The lowest BCUT2D eigenvalue weighted by Crippen LogP contribution is -2.18. The second-order valence-corrected chi connectivity index (χ2v) is 7.35. The molecular weight excluding hydrogens is 312 g/mol. The molecule has 1 aliphatic heterocycles. The van der Waals surface area contributed by atoms with Crippen LogP contribution in [0.5, 0.6) is 5.75 Å². The van der Waals surface area contributed by atoms with Crippen molar-refractivity contribution < 1.29 is 14.6 Å². The number of benzene rings is 1. The first-order valence-electron chi connectivity index (χ1n) is 7.56. The minimum atomic E-state index is -0.851. The molecule has 2 heterocycles. The molecule has 0 spiro atoms. The van der Waals surface area contributed by atoms with Gasteiger partial charge in [-0.1, -0.05) is 26.0 Å². The lowest BCUT2D eigenvalue weighted by atomic mass is 9.86. The average molecular weight is 332 g/mol. The van der Waals surface area contributed by atoms with Crippen molar-refractivity contribution in [2.24, 2.45) is 0 Å². The Morgan fingerprint density at radius 3 is 3.04 bits per heavy atom. The summed E-state index contributed by atoms with van der Waals surface area (Å²) < 4.78 is 5.77. The molecule has 0 atom stereocenters. The summed E-state index contributed by atoms with van der Waals surface area (Å²) in [6.07, 6.45) is -0.0194. The number of nitrogens with one attached hydrogen (secondary N) is 1. The second-order valence-electron chi connectivity index (χ2n) is 6.41. The van der Waals surface area contributed by atoms with Gasteiger partial charge in [0.05, 0.1) is 18.7 Å². The third kappa shape index (κ3) is 3.71. The molecule has 2 aromatic rings. The van der Waals surface area contributed by atoms with Crippen LogP contribution in [0.1, 0.15) is 35.7 Å². The van der Waals surface area contributed by atoms with Crippen LogP contribution in [0.3, 0.4) is 0 Å². The number of aromatic nitrogens is 1. The van der Waals surface area contributed by atoms with Crippen molar-refractivity contribution in [2.75, 3.05) is 6.61 Å². The van der Waals surface area contributed by atoms with E-state index in [-0.39, 0.29) is 11.8 Å². The summed E-state index contributed by atoms with van der Waals surface area (Å²) in [6.45, 7) is 6.46. The highest BCUT2D eigenvalue weighted by molar-refractivity contribution is 7.09. The van der Waals surface area contributed by atoms with Crippen LogP contribution in [0.4, 0.5) is 0 Å². The highest BCUT2D eigenvalue weighted by Gasteiger charge is 2.31. The first-order chi connectivity index (χ1) is 10.9. The SMILES string of the molecule is CC1(C)COc2cc(CNCc3nc(CC(=O)O)cs3)ccc21. The number of thiazole rings is 1. The molecular formula is C17H20N2O3S. The molecule has 0 saturated heterocycles. The third-order valence-electron chi connectivity index (χ3n) is 3.90. The molecule has 0 bridgehead atoms. The molecule has 0 saturated carbocycles. The summed E-state index contributed by atoms with van der Waals surface area (Å²) in [5.74, 6) is 0.128. The van der Waals surface area contributed by atoms with Gasteiger partial charge >= 0.3 is 5.97 Å². The molecule has 122 valence electrons. The highest BCUT2D eigenvalue weighted by atomic mass is 32.1. The van der Waals surface area contributed by atoms with Crippen molar-refractivity contribution in [2.45, 2.75) is 38.8 Å². The van der Waals surface area contributed by atoms with Crippen molar-refractivity contribution in [3.63, 3.8) is 0 Å². The van der Waals surface area contributed by atoms with E-state index < -0.39 is 5.97 Å². The molecule has 0 fully saturated rings. The van der Waals surface area contributed by atoms with Gasteiger partial charge in [-0.25, -0.2) is 4.98 Å². The Morgan fingerprint density at radius 1 is 1.43 bits per heavy atom. The third-order valence-corrected chi connectivity index (χ3v) is 4.80. The number of aliphatic carboxylic acids is 1. The lowest BCUT2D eigenvalue weighted by Gasteiger charge is -2.15. The Labute approximate surface area is 139 Å². The zero-order valence-corrected chi connectivity index (χ0v) is 14.1. The van der Waals surface area contributed by atoms with Gasteiger partial charge in [0.25, 0.3) is 0 Å². The van der Waals surface area contributed by atoms with E-state index in [4.69, 9.17) is 9.84 Å². The van der Waals surface area contributed by atoms with Crippen molar-refractivity contribution in [3.8, 4) is 5.75 Å². The smallest absolute Gasteiger partial charge is 0.309 e. The number of nitrogens with zero attached hydrogens (tertiary/aromatic N) is 1. The largest absolute Gasteiger partial charge is 0.492 e. The van der Waals surface area contributed by atoms with Crippen molar-refractivity contribution >= 4 is 17.3 Å². The van der Waals surface area contributed by atoms with Gasteiger partial charge in [-0.05, 0) is 11.6 Å². The van der Waals surface area contributed by atoms with Gasteiger partial charge in [-0.15, -0.1) is 11.3 Å². The fourth-order valence-electron chi connectivity index (χ4n) is 2.67. The Morgan fingerprint density at radius 2 is 2.26 bits per heavy atom. The fraction of sp³-hybridized carbons (Fsp3) is 0.412. The number of carboxylic acid groups (broad SMARTS) is 1. The number of fused-ring (bicyclic) bond motifs is 1. The summed E-state index contributed by atoms with van der Waals surface area (Å²) in [5, 5.41) is 14.8. The van der Waals surface area contributed by atoms with Crippen LogP contribution >= 0.6 is 11.3 Å². The van der Waals surface area contributed by atoms with Crippen molar-refractivity contribution in [3.05, 3.63) is 45.4 Å². The summed E-state index contributed by atoms with van der Waals surface area (Å²) >= 11 is 1.48. The quantitative estimate of drug-likeness (QED) is 0.851. The lowest BCUT2D eigenvalue weighted by molar-refractivity contribution is -0.136. The fourth-order valence-corrected chi connectivity index (χ4v) is 3.43. The molecule has 1 aromatic carbocycles. The number of carboxylic acids is 1. The normalized spacial score (nSPS) is 15.2. The van der Waals surface area contributed by atoms with Crippen molar-refractivity contribution in [1.29, 1.82) is 0 Å². The first kappa shape index (κ1) is 16.0. The summed E-state index contributed by atoms with van der Waals surface area (Å²) in [4.78, 5) is 15.0. The molecule has 0 amide bonds. The van der Waals surface area contributed by atoms with Gasteiger partial charge in [-0.3, -0.25) is 4.79 Å². The summed E-state index contributed by atoms with van der Waals surface area (Å²) in [7, 11) is 0. The molecule has 0 radical (unpaired) electrons. The van der Waals surface area contributed by atoms with E-state index in [1.807, 2.05) is 0 Å². The maximum atomic E-state index is 10.7. The molecule has 2 N–H and O–H groups in total. The minimum absolute atomic E-state index is 0.0194. The predicted octanol–water partition coefficient (Wildman–Crippen LogP) is 2.73. The van der Waals surface area contributed by atoms with Crippen LogP contribution in [-0.4, -0.2) is 22.7 Å².